The normalized spacial score (nSPS) is 23.7. The van der Waals surface area contributed by atoms with E-state index < -0.39 is 17.9 Å². The highest BCUT2D eigenvalue weighted by Crippen LogP contribution is 2.23. The van der Waals surface area contributed by atoms with Crippen LogP contribution in [0.5, 0.6) is 0 Å². The minimum Gasteiger partial charge on any atom is -0.481 e. The van der Waals surface area contributed by atoms with E-state index in [1.807, 2.05) is 0 Å². The maximum atomic E-state index is 11.7. The first-order valence-electron chi connectivity index (χ1n) is 7.19. The van der Waals surface area contributed by atoms with Crippen LogP contribution < -0.4 is 10.6 Å². The van der Waals surface area contributed by atoms with Crippen molar-refractivity contribution in [1.29, 1.82) is 0 Å². The van der Waals surface area contributed by atoms with E-state index in [-0.39, 0.29) is 24.8 Å². The van der Waals surface area contributed by atoms with Gasteiger partial charge in [-0.2, -0.15) is 0 Å². The number of rotatable bonds is 5. The van der Waals surface area contributed by atoms with Gasteiger partial charge in [-0.15, -0.1) is 0 Å². The third kappa shape index (κ3) is 6.54. The van der Waals surface area contributed by atoms with E-state index in [1.165, 1.54) is 6.42 Å². The highest BCUT2D eigenvalue weighted by Gasteiger charge is 2.21. The number of amides is 3. The molecular formula is C14H24N2O4. The van der Waals surface area contributed by atoms with Crippen LogP contribution in [0.25, 0.3) is 0 Å². The number of urea groups is 1. The molecule has 20 heavy (non-hydrogen) atoms. The van der Waals surface area contributed by atoms with E-state index in [0.29, 0.717) is 5.92 Å². The largest absolute Gasteiger partial charge is 0.481 e. The Balaban J connectivity index is 2.27. The second-order valence-corrected chi connectivity index (χ2v) is 5.90. The van der Waals surface area contributed by atoms with E-state index in [0.717, 1.165) is 19.3 Å². The summed E-state index contributed by atoms with van der Waals surface area (Å²) in [4.78, 5) is 33.8. The number of carboxylic acids is 1. The Morgan fingerprint density at radius 3 is 2.55 bits per heavy atom. The fraction of sp³-hybridized carbons (Fsp3) is 0.786. The maximum Gasteiger partial charge on any atom is 0.321 e. The molecule has 1 fully saturated rings. The standard InChI is InChI=1S/C14H24N2O4/c1-9-4-3-5-11(6-9)15-14(20)16-12(17)7-10(2)8-13(18)19/h9-11H,3-8H2,1-2H3,(H,18,19)(H2,15,16,17,20). The molecule has 0 radical (unpaired) electrons. The van der Waals surface area contributed by atoms with Gasteiger partial charge in [-0.1, -0.05) is 26.7 Å². The summed E-state index contributed by atoms with van der Waals surface area (Å²) in [6.07, 6.45) is 4.13. The summed E-state index contributed by atoms with van der Waals surface area (Å²) in [5.41, 5.74) is 0. The lowest BCUT2D eigenvalue weighted by atomic mass is 9.87. The molecule has 1 rings (SSSR count). The first kappa shape index (κ1) is 16.5. The Hall–Kier alpha value is -1.59. The van der Waals surface area contributed by atoms with Crippen molar-refractivity contribution >= 4 is 17.9 Å². The lowest BCUT2D eigenvalue weighted by molar-refractivity contribution is -0.138. The summed E-state index contributed by atoms with van der Waals surface area (Å²) < 4.78 is 0. The zero-order valence-corrected chi connectivity index (χ0v) is 12.1. The molecular weight excluding hydrogens is 260 g/mol. The van der Waals surface area contributed by atoms with Crippen LogP contribution >= 0.6 is 0 Å². The molecule has 3 unspecified atom stereocenters. The highest BCUT2D eigenvalue weighted by molar-refractivity contribution is 5.94. The molecule has 0 saturated heterocycles. The van der Waals surface area contributed by atoms with Gasteiger partial charge in [0.15, 0.2) is 0 Å². The fourth-order valence-electron chi connectivity index (χ4n) is 2.65. The van der Waals surface area contributed by atoms with E-state index in [9.17, 15) is 14.4 Å². The zero-order valence-electron chi connectivity index (χ0n) is 12.1. The molecule has 0 spiro atoms. The van der Waals surface area contributed by atoms with Crippen LogP contribution in [0.3, 0.4) is 0 Å². The Bertz CT molecular complexity index is 370. The molecule has 0 aromatic rings. The Kier molecular flexibility index (Phi) is 6.48. The molecule has 0 bridgehead atoms. The summed E-state index contributed by atoms with van der Waals surface area (Å²) in [5.74, 6) is -1.05. The lowest BCUT2D eigenvalue weighted by Gasteiger charge is -2.27. The topological polar surface area (TPSA) is 95.5 Å². The monoisotopic (exact) mass is 284 g/mol. The van der Waals surface area contributed by atoms with Crippen molar-refractivity contribution in [2.24, 2.45) is 11.8 Å². The van der Waals surface area contributed by atoms with Crippen molar-refractivity contribution in [1.82, 2.24) is 10.6 Å². The van der Waals surface area contributed by atoms with Crippen LogP contribution in [0.4, 0.5) is 4.79 Å². The maximum absolute atomic E-state index is 11.7. The molecule has 0 heterocycles. The van der Waals surface area contributed by atoms with Crippen molar-refractivity contribution in [2.45, 2.75) is 58.4 Å². The van der Waals surface area contributed by atoms with E-state index in [1.54, 1.807) is 6.92 Å². The molecule has 0 aromatic carbocycles. The SMILES string of the molecule is CC(CC(=O)O)CC(=O)NC(=O)NC1CCCC(C)C1. The van der Waals surface area contributed by atoms with Crippen LogP contribution in [0.15, 0.2) is 0 Å². The van der Waals surface area contributed by atoms with Gasteiger partial charge in [-0.05, 0) is 24.7 Å². The molecule has 6 heteroatoms. The smallest absolute Gasteiger partial charge is 0.321 e. The van der Waals surface area contributed by atoms with E-state index in [4.69, 9.17) is 5.11 Å². The zero-order chi connectivity index (χ0) is 15.1. The van der Waals surface area contributed by atoms with Gasteiger partial charge < -0.3 is 10.4 Å². The summed E-state index contributed by atoms with van der Waals surface area (Å²) in [6.45, 7) is 3.83. The van der Waals surface area contributed by atoms with Crippen molar-refractivity contribution in [2.75, 3.05) is 0 Å². The van der Waals surface area contributed by atoms with Gasteiger partial charge in [0.05, 0.1) is 0 Å². The second kappa shape index (κ2) is 7.87. The van der Waals surface area contributed by atoms with Gasteiger partial charge in [0.2, 0.25) is 5.91 Å². The van der Waals surface area contributed by atoms with Crippen LogP contribution in [0, 0.1) is 11.8 Å². The van der Waals surface area contributed by atoms with E-state index >= 15 is 0 Å². The van der Waals surface area contributed by atoms with Gasteiger partial charge in [0.25, 0.3) is 0 Å². The molecule has 6 nitrogen and oxygen atoms in total. The number of imide groups is 1. The second-order valence-electron chi connectivity index (χ2n) is 5.90. The quantitative estimate of drug-likeness (QED) is 0.718. The third-order valence-electron chi connectivity index (χ3n) is 3.58. The molecule has 1 aliphatic rings. The molecule has 0 aliphatic heterocycles. The lowest BCUT2D eigenvalue weighted by Crippen LogP contribution is -2.46. The average Bonchev–Trinajstić information content (AvgIpc) is 2.26. The van der Waals surface area contributed by atoms with Crippen LogP contribution in [-0.4, -0.2) is 29.1 Å². The Morgan fingerprint density at radius 1 is 1.25 bits per heavy atom. The van der Waals surface area contributed by atoms with Crippen LogP contribution in [0.1, 0.15) is 52.4 Å². The predicted molar refractivity (Wildman–Crippen MR) is 74.1 cm³/mol. The van der Waals surface area contributed by atoms with E-state index in [2.05, 4.69) is 17.6 Å². The van der Waals surface area contributed by atoms with Gasteiger partial charge in [-0.25, -0.2) is 4.79 Å². The number of carbonyl (C=O) groups is 3. The minimum atomic E-state index is -0.939. The van der Waals surface area contributed by atoms with Crippen molar-refractivity contribution in [3.8, 4) is 0 Å². The number of hydrogen-bond donors (Lipinski definition) is 3. The number of aliphatic carboxylic acids is 1. The number of carboxylic acid groups (broad SMARTS) is 1. The molecule has 3 N–H and O–H groups in total. The Labute approximate surface area is 119 Å². The first-order chi connectivity index (χ1) is 9.36. The molecule has 1 aliphatic carbocycles. The highest BCUT2D eigenvalue weighted by atomic mass is 16.4. The first-order valence-corrected chi connectivity index (χ1v) is 7.19. The number of nitrogens with one attached hydrogen (secondary N) is 2. The minimum absolute atomic E-state index is 0.0424. The summed E-state index contributed by atoms with van der Waals surface area (Å²) in [5, 5.41) is 13.7. The summed E-state index contributed by atoms with van der Waals surface area (Å²) in [7, 11) is 0. The van der Waals surface area contributed by atoms with Crippen molar-refractivity contribution in [3.63, 3.8) is 0 Å². The molecule has 3 atom stereocenters. The fourth-order valence-corrected chi connectivity index (χ4v) is 2.65. The summed E-state index contributed by atoms with van der Waals surface area (Å²) in [6, 6.07) is -0.348. The molecule has 0 aromatic heterocycles. The van der Waals surface area contributed by atoms with Gasteiger partial charge in [0.1, 0.15) is 0 Å². The van der Waals surface area contributed by atoms with Crippen molar-refractivity contribution < 1.29 is 19.5 Å². The summed E-state index contributed by atoms with van der Waals surface area (Å²) >= 11 is 0. The third-order valence-corrected chi connectivity index (χ3v) is 3.58. The average molecular weight is 284 g/mol. The van der Waals surface area contributed by atoms with Crippen LogP contribution in [-0.2, 0) is 9.59 Å². The van der Waals surface area contributed by atoms with Gasteiger partial charge in [0, 0.05) is 18.9 Å². The Morgan fingerprint density at radius 2 is 1.95 bits per heavy atom. The van der Waals surface area contributed by atoms with Gasteiger partial charge in [-0.3, -0.25) is 14.9 Å². The molecule has 3 amide bonds. The van der Waals surface area contributed by atoms with Gasteiger partial charge >= 0.3 is 12.0 Å². The molecule has 114 valence electrons. The number of hydrogen-bond acceptors (Lipinski definition) is 3. The predicted octanol–water partition coefficient (Wildman–Crippen LogP) is 1.89. The number of carbonyl (C=O) groups excluding carboxylic acids is 2. The van der Waals surface area contributed by atoms with Crippen molar-refractivity contribution in [3.05, 3.63) is 0 Å². The van der Waals surface area contributed by atoms with Crippen LogP contribution in [0.2, 0.25) is 0 Å². The molecule has 1 saturated carbocycles.